The zero-order valence-electron chi connectivity index (χ0n) is 25.8. The van der Waals surface area contributed by atoms with Crippen molar-refractivity contribution < 1.29 is 27.8 Å². The van der Waals surface area contributed by atoms with Gasteiger partial charge in [0.15, 0.2) is 0 Å². The van der Waals surface area contributed by atoms with Gasteiger partial charge in [-0.3, -0.25) is 4.79 Å². The highest BCUT2D eigenvalue weighted by atomic mass is 32.2. The van der Waals surface area contributed by atoms with Crippen molar-refractivity contribution in [1.82, 2.24) is 24.3 Å². The number of aliphatic carboxylic acids is 1. The molecule has 1 aliphatic heterocycles. The van der Waals surface area contributed by atoms with Gasteiger partial charge in [0.25, 0.3) is 0 Å². The minimum Gasteiger partial charge on any atom is -0.481 e. The van der Waals surface area contributed by atoms with Crippen molar-refractivity contribution in [3.05, 3.63) is 76.5 Å². The van der Waals surface area contributed by atoms with Crippen LogP contribution in [0.4, 0.5) is 0 Å². The van der Waals surface area contributed by atoms with Gasteiger partial charge >= 0.3 is 5.97 Å². The van der Waals surface area contributed by atoms with E-state index in [1.807, 2.05) is 55.8 Å². The molecule has 0 amide bonds. The first kappa shape index (κ1) is 31.6. The van der Waals surface area contributed by atoms with Crippen LogP contribution in [0.5, 0.6) is 5.88 Å². The van der Waals surface area contributed by atoms with E-state index in [0.717, 1.165) is 38.9 Å². The van der Waals surface area contributed by atoms with Gasteiger partial charge in [0.1, 0.15) is 17.0 Å². The molecule has 11 nitrogen and oxygen atoms in total. The second-order valence-corrected chi connectivity index (χ2v) is 13.6. The highest BCUT2D eigenvalue weighted by Gasteiger charge is 2.40. The summed E-state index contributed by atoms with van der Waals surface area (Å²) in [6.07, 6.45) is 2.00. The van der Waals surface area contributed by atoms with Crippen LogP contribution in [-0.4, -0.2) is 70.1 Å². The van der Waals surface area contributed by atoms with Gasteiger partial charge in [0.05, 0.1) is 17.5 Å². The van der Waals surface area contributed by atoms with Gasteiger partial charge in [0.2, 0.25) is 15.9 Å². The molecule has 0 saturated carbocycles. The third-order valence-corrected chi connectivity index (χ3v) is 10.3. The lowest BCUT2D eigenvalue weighted by atomic mass is 9.69. The van der Waals surface area contributed by atoms with Gasteiger partial charge in [0, 0.05) is 38.4 Å². The number of carboxylic acids is 1. The first-order valence-corrected chi connectivity index (χ1v) is 16.2. The molecule has 0 aliphatic carbocycles. The van der Waals surface area contributed by atoms with E-state index in [1.165, 1.54) is 16.6 Å². The summed E-state index contributed by atoms with van der Waals surface area (Å²) >= 11 is 0. The molecule has 5 rings (SSSR count). The first-order valence-electron chi connectivity index (χ1n) is 14.8. The number of hydrogen-bond donors (Lipinski definition) is 1. The van der Waals surface area contributed by atoms with Gasteiger partial charge < -0.3 is 14.6 Å². The van der Waals surface area contributed by atoms with Crippen molar-refractivity contribution in [2.45, 2.75) is 64.9 Å². The lowest BCUT2D eigenvalue weighted by Crippen LogP contribution is -2.34. The van der Waals surface area contributed by atoms with Crippen LogP contribution in [-0.2, 0) is 32.6 Å². The largest absolute Gasteiger partial charge is 0.481 e. The van der Waals surface area contributed by atoms with E-state index < -0.39 is 27.3 Å². The van der Waals surface area contributed by atoms with E-state index in [0.29, 0.717) is 26.2 Å². The molecule has 234 valence electrons. The van der Waals surface area contributed by atoms with Crippen LogP contribution in [0, 0.1) is 19.3 Å². The summed E-state index contributed by atoms with van der Waals surface area (Å²) in [6.45, 7) is 11.2. The van der Waals surface area contributed by atoms with Gasteiger partial charge in [-0.25, -0.2) is 18.1 Å². The molecule has 12 heteroatoms. The van der Waals surface area contributed by atoms with Crippen molar-refractivity contribution in [3.63, 3.8) is 0 Å². The van der Waals surface area contributed by atoms with E-state index in [-0.39, 0.29) is 30.5 Å². The molecule has 4 aromatic rings. The topological polar surface area (TPSA) is 137 Å². The smallest absolute Gasteiger partial charge is 0.310 e. The number of sulfonamides is 1. The third kappa shape index (κ3) is 5.93. The van der Waals surface area contributed by atoms with Crippen molar-refractivity contribution in [3.8, 4) is 5.88 Å². The Morgan fingerprint density at radius 1 is 1.11 bits per heavy atom. The van der Waals surface area contributed by atoms with Crippen LogP contribution in [0.1, 0.15) is 60.9 Å². The average molecular weight is 622 g/mol. The second-order valence-electron chi connectivity index (χ2n) is 11.7. The van der Waals surface area contributed by atoms with E-state index in [1.54, 1.807) is 19.9 Å². The number of nitrogens with zero attached hydrogens (tertiary/aromatic N) is 5. The Kier molecular flexibility index (Phi) is 9.05. The minimum atomic E-state index is -3.99. The number of rotatable bonds is 7. The highest BCUT2D eigenvalue weighted by Crippen LogP contribution is 2.44. The Hall–Kier alpha value is -3.87. The fourth-order valence-electron chi connectivity index (χ4n) is 5.82. The molecular formula is C32H39N5O6S. The molecule has 1 unspecified atom stereocenters. The zero-order chi connectivity index (χ0) is 31.6. The van der Waals surface area contributed by atoms with E-state index in [4.69, 9.17) is 9.47 Å². The van der Waals surface area contributed by atoms with E-state index in [9.17, 15) is 18.3 Å². The molecule has 0 saturated heterocycles. The Bertz CT molecular complexity index is 1790. The minimum absolute atomic E-state index is 0.00430. The molecule has 2 aromatic carbocycles. The maximum Gasteiger partial charge on any atom is 0.310 e. The average Bonchev–Trinajstić information content (AvgIpc) is 3.41. The standard InChI is InChI=1S/C32H39N5O6S/c1-6-37-26-13-12-25(22(3)29(26)34-35-37)28(32(4,5)31(38)39)23-11-10-21(2)24(19-23)20-36-15-8-16-42-17-18-43-30-27(44(36,40)41)9-7-14-33-30/h7,9-14,19,28H,6,8,15-18,20H2,1-5H3,(H,38,39). The molecule has 44 heavy (non-hydrogen) atoms. The Balaban J connectivity index is 1.60. The molecule has 1 atom stereocenters. The summed E-state index contributed by atoms with van der Waals surface area (Å²) < 4.78 is 42.6. The summed E-state index contributed by atoms with van der Waals surface area (Å²) in [7, 11) is -3.99. The number of carboxylic acid groups (broad SMARTS) is 1. The number of benzene rings is 2. The SMILES string of the molecule is CCn1nnc2c(C)c(C(c3ccc(C)c(CN4CCCOCCOc5ncccc5S4(=O)=O)c3)C(C)(C)C(=O)O)ccc21. The Labute approximate surface area is 257 Å². The number of aryl methyl sites for hydroxylation is 3. The predicted molar refractivity (Wildman–Crippen MR) is 165 cm³/mol. The molecule has 1 N–H and O–H groups in total. The summed E-state index contributed by atoms with van der Waals surface area (Å²) in [5.41, 5.74) is 4.55. The maximum absolute atomic E-state index is 14.0. The number of fused-ring (bicyclic) bond motifs is 2. The third-order valence-electron chi connectivity index (χ3n) is 8.44. The molecule has 3 heterocycles. The number of pyridine rings is 1. The molecule has 0 bridgehead atoms. The molecular weight excluding hydrogens is 582 g/mol. The van der Waals surface area contributed by atoms with Crippen molar-refractivity contribution in [1.29, 1.82) is 0 Å². The van der Waals surface area contributed by atoms with Crippen LogP contribution < -0.4 is 4.74 Å². The molecule has 0 fully saturated rings. The normalized spacial score (nSPS) is 16.9. The molecule has 2 aromatic heterocycles. The number of carbonyl (C=O) groups is 1. The fraction of sp³-hybridized carbons (Fsp3) is 0.438. The number of hydrogen-bond acceptors (Lipinski definition) is 8. The molecule has 1 aliphatic rings. The van der Waals surface area contributed by atoms with Crippen LogP contribution in [0.25, 0.3) is 11.0 Å². The lowest BCUT2D eigenvalue weighted by Gasteiger charge is -2.33. The summed E-state index contributed by atoms with van der Waals surface area (Å²) in [5, 5.41) is 19.1. The molecule has 0 spiro atoms. The van der Waals surface area contributed by atoms with Crippen molar-refractivity contribution in [2.24, 2.45) is 5.41 Å². The van der Waals surface area contributed by atoms with Gasteiger partial charge in [-0.05, 0) is 87.1 Å². The van der Waals surface area contributed by atoms with Crippen LogP contribution in [0.2, 0.25) is 0 Å². The van der Waals surface area contributed by atoms with Crippen LogP contribution in [0.15, 0.2) is 53.6 Å². The number of aromatic nitrogens is 4. The lowest BCUT2D eigenvalue weighted by molar-refractivity contribution is -0.147. The quantitative estimate of drug-likeness (QED) is 0.311. The molecule has 0 radical (unpaired) electrons. The van der Waals surface area contributed by atoms with Gasteiger partial charge in [-0.2, -0.15) is 4.31 Å². The number of ether oxygens (including phenoxy) is 2. The predicted octanol–water partition coefficient (Wildman–Crippen LogP) is 4.70. The summed E-state index contributed by atoms with van der Waals surface area (Å²) in [4.78, 5) is 16.9. The van der Waals surface area contributed by atoms with Crippen LogP contribution in [0.3, 0.4) is 0 Å². The monoisotopic (exact) mass is 621 g/mol. The van der Waals surface area contributed by atoms with E-state index in [2.05, 4.69) is 15.3 Å². The Morgan fingerprint density at radius 3 is 2.66 bits per heavy atom. The zero-order valence-corrected chi connectivity index (χ0v) is 26.6. The van der Waals surface area contributed by atoms with Crippen LogP contribution >= 0.6 is 0 Å². The summed E-state index contributed by atoms with van der Waals surface area (Å²) in [6, 6.07) is 12.8. The van der Waals surface area contributed by atoms with Crippen molar-refractivity contribution >= 4 is 27.0 Å². The fourth-order valence-corrected chi connectivity index (χ4v) is 7.35. The van der Waals surface area contributed by atoms with Gasteiger partial charge in [-0.15, -0.1) is 5.10 Å². The Morgan fingerprint density at radius 2 is 1.91 bits per heavy atom. The summed E-state index contributed by atoms with van der Waals surface area (Å²) in [5.74, 6) is -1.45. The van der Waals surface area contributed by atoms with Gasteiger partial charge in [-0.1, -0.05) is 29.5 Å². The first-order chi connectivity index (χ1) is 21.0. The van der Waals surface area contributed by atoms with Crippen molar-refractivity contribution in [2.75, 3.05) is 26.4 Å². The van der Waals surface area contributed by atoms with E-state index >= 15 is 0 Å². The maximum atomic E-state index is 14.0. The second kappa shape index (κ2) is 12.6. The highest BCUT2D eigenvalue weighted by molar-refractivity contribution is 7.89.